The van der Waals surface area contributed by atoms with Crippen molar-refractivity contribution in [2.24, 2.45) is 0 Å². The third-order valence-electron chi connectivity index (χ3n) is 3.72. The van der Waals surface area contributed by atoms with E-state index in [2.05, 4.69) is 16.8 Å². The summed E-state index contributed by atoms with van der Waals surface area (Å²) in [5.41, 5.74) is 0.760. The van der Waals surface area contributed by atoms with Crippen LogP contribution in [0.5, 0.6) is 0 Å². The molecule has 0 aromatic heterocycles. The summed E-state index contributed by atoms with van der Waals surface area (Å²) in [6.07, 6.45) is 0.606. The van der Waals surface area contributed by atoms with Crippen LogP contribution in [0.1, 0.15) is 11.7 Å². The van der Waals surface area contributed by atoms with Gasteiger partial charge in [-0.25, -0.2) is 8.42 Å². The van der Waals surface area contributed by atoms with Crippen LogP contribution in [-0.4, -0.2) is 69.4 Å². The molecule has 1 saturated heterocycles. The van der Waals surface area contributed by atoms with Gasteiger partial charge in [0.2, 0.25) is 0 Å². The first kappa shape index (κ1) is 15.4. The summed E-state index contributed by atoms with van der Waals surface area (Å²) in [7, 11) is -1.08. The third kappa shape index (κ3) is 4.02. The van der Waals surface area contributed by atoms with E-state index in [1.54, 1.807) is 24.3 Å². The predicted molar refractivity (Wildman–Crippen MR) is 78.4 cm³/mol. The van der Waals surface area contributed by atoms with Crippen LogP contribution in [0.3, 0.4) is 0 Å². The molecule has 5 nitrogen and oxygen atoms in total. The Kier molecular flexibility index (Phi) is 4.80. The zero-order chi connectivity index (χ0) is 14.8. The summed E-state index contributed by atoms with van der Waals surface area (Å²) in [4.78, 5) is 4.78. The summed E-state index contributed by atoms with van der Waals surface area (Å²) < 4.78 is 22.8. The monoisotopic (exact) mass is 298 g/mol. The number of hydrogen-bond donors (Lipinski definition) is 1. The van der Waals surface area contributed by atoms with Crippen molar-refractivity contribution in [2.75, 3.05) is 46.0 Å². The maximum absolute atomic E-state index is 11.4. The normalized spacial score (nSPS) is 19.9. The molecule has 1 aromatic carbocycles. The van der Waals surface area contributed by atoms with Crippen LogP contribution < -0.4 is 0 Å². The molecule has 1 heterocycles. The second-order valence-electron chi connectivity index (χ2n) is 5.46. The van der Waals surface area contributed by atoms with Crippen LogP contribution in [0.25, 0.3) is 0 Å². The van der Waals surface area contributed by atoms with Gasteiger partial charge in [0.1, 0.15) is 0 Å². The molecule has 1 aliphatic rings. The Morgan fingerprint density at radius 3 is 2.20 bits per heavy atom. The van der Waals surface area contributed by atoms with Gasteiger partial charge in [-0.1, -0.05) is 12.1 Å². The molecule has 0 saturated carbocycles. The molecule has 1 atom stereocenters. The van der Waals surface area contributed by atoms with Crippen LogP contribution in [0, 0.1) is 0 Å². The molecule has 1 unspecified atom stereocenters. The predicted octanol–water partition coefficient (Wildman–Crippen LogP) is 0.371. The van der Waals surface area contributed by atoms with Crippen LogP contribution in [0.4, 0.5) is 0 Å². The standard InChI is InChI=1S/C14H22N2O3S/c1-15-7-9-16(10-8-15)11-14(17)12-3-5-13(6-4-12)20(2,18)19/h3-6,14,17H,7-11H2,1-2H3. The summed E-state index contributed by atoms with van der Waals surface area (Å²) in [5.74, 6) is 0. The van der Waals surface area contributed by atoms with E-state index in [0.717, 1.165) is 31.7 Å². The Labute approximate surface area is 120 Å². The van der Waals surface area contributed by atoms with Crippen molar-refractivity contribution in [2.45, 2.75) is 11.0 Å². The molecule has 1 aromatic rings. The van der Waals surface area contributed by atoms with Crippen molar-refractivity contribution in [1.29, 1.82) is 0 Å². The van der Waals surface area contributed by atoms with Gasteiger partial charge in [-0.05, 0) is 24.7 Å². The Morgan fingerprint density at radius 1 is 1.15 bits per heavy atom. The van der Waals surface area contributed by atoms with Gasteiger partial charge in [0.15, 0.2) is 9.84 Å². The van der Waals surface area contributed by atoms with Crippen molar-refractivity contribution in [3.63, 3.8) is 0 Å². The number of benzene rings is 1. The third-order valence-corrected chi connectivity index (χ3v) is 4.85. The number of aliphatic hydroxyl groups excluding tert-OH is 1. The molecule has 0 bridgehead atoms. The minimum atomic E-state index is -3.18. The average Bonchev–Trinajstić information content (AvgIpc) is 2.40. The Balaban J connectivity index is 1.97. The van der Waals surface area contributed by atoms with Gasteiger partial charge in [-0.2, -0.15) is 0 Å². The number of likely N-dealkylation sites (N-methyl/N-ethyl adjacent to an activating group) is 1. The van der Waals surface area contributed by atoms with Crippen molar-refractivity contribution in [3.8, 4) is 0 Å². The lowest BCUT2D eigenvalue weighted by atomic mass is 10.1. The molecule has 0 aliphatic carbocycles. The summed E-state index contributed by atoms with van der Waals surface area (Å²) in [6, 6.07) is 6.49. The zero-order valence-corrected chi connectivity index (χ0v) is 12.8. The lowest BCUT2D eigenvalue weighted by Gasteiger charge is -2.33. The molecule has 6 heteroatoms. The van der Waals surface area contributed by atoms with Crippen LogP contribution >= 0.6 is 0 Å². The molecular formula is C14H22N2O3S. The highest BCUT2D eigenvalue weighted by Crippen LogP contribution is 2.18. The lowest BCUT2D eigenvalue weighted by molar-refractivity contribution is 0.0805. The number of β-amino-alcohol motifs (C(OH)–C–C–N with tert-alkyl or cyclic N) is 1. The van der Waals surface area contributed by atoms with Gasteiger partial charge in [0.25, 0.3) is 0 Å². The second kappa shape index (κ2) is 6.22. The van der Waals surface area contributed by atoms with Crippen molar-refractivity contribution >= 4 is 9.84 Å². The van der Waals surface area contributed by atoms with Crippen LogP contribution in [-0.2, 0) is 9.84 Å². The SMILES string of the molecule is CN1CCN(CC(O)c2ccc(S(C)(=O)=O)cc2)CC1. The van der Waals surface area contributed by atoms with Crippen LogP contribution in [0.15, 0.2) is 29.2 Å². The Hall–Kier alpha value is -0.950. The van der Waals surface area contributed by atoms with E-state index in [1.807, 2.05) is 0 Å². The van der Waals surface area contributed by atoms with Gasteiger partial charge in [-0.15, -0.1) is 0 Å². The molecule has 112 valence electrons. The average molecular weight is 298 g/mol. The quantitative estimate of drug-likeness (QED) is 0.870. The van der Waals surface area contributed by atoms with Gasteiger partial charge < -0.3 is 10.0 Å². The van der Waals surface area contributed by atoms with E-state index >= 15 is 0 Å². The molecule has 0 amide bonds. The zero-order valence-electron chi connectivity index (χ0n) is 12.0. The number of hydrogen-bond acceptors (Lipinski definition) is 5. The summed E-state index contributed by atoms with van der Waals surface area (Å²) >= 11 is 0. The molecule has 1 N–H and O–H groups in total. The van der Waals surface area contributed by atoms with Gasteiger partial charge >= 0.3 is 0 Å². The van der Waals surface area contributed by atoms with Gasteiger partial charge in [0.05, 0.1) is 11.0 Å². The van der Waals surface area contributed by atoms with Gasteiger partial charge in [-0.3, -0.25) is 4.90 Å². The number of aliphatic hydroxyl groups is 1. The van der Waals surface area contributed by atoms with Crippen molar-refractivity contribution in [1.82, 2.24) is 9.80 Å². The van der Waals surface area contributed by atoms with Crippen LogP contribution in [0.2, 0.25) is 0 Å². The maximum atomic E-state index is 11.4. The highest BCUT2D eigenvalue weighted by atomic mass is 32.2. The minimum absolute atomic E-state index is 0.285. The minimum Gasteiger partial charge on any atom is -0.387 e. The molecule has 20 heavy (non-hydrogen) atoms. The fourth-order valence-corrected chi connectivity index (χ4v) is 2.95. The van der Waals surface area contributed by atoms with E-state index in [-0.39, 0.29) is 4.90 Å². The Morgan fingerprint density at radius 2 is 1.70 bits per heavy atom. The molecule has 0 radical (unpaired) electrons. The lowest BCUT2D eigenvalue weighted by Crippen LogP contribution is -2.45. The smallest absolute Gasteiger partial charge is 0.175 e. The van der Waals surface area contributed by atoms with E-state index in [9.17, 15) is 13.5 Å². The fraction of sp³-hybridized carbons (Fsp3) is 0.571. The van der Waals surface area contributed by atoms with E-state index < -0.39 is 15.9 Å². The van der Waals surface area contributed by atoms with Crippen molar-refractivity contribution < 1.29 is 13.5 Å². The Bertz CT molecular complexity index is 534. The topological polar surface area (TPSA) is 60.9 Å². The number of sulfone groups is 1. The first-order valence-electron chi connectivity index (χ1n) is 6.75. The number of rotatable bonds is 4. The first-order valence-corrected chi connectivity index (χ1v) is 8.64. The number of nitrogens with zero attached hydrogens (tertiary/aromatic N) is 2. The summed E-state index contributed by atoms with van der Waals surface area (Å²) in [5, 5.41) is 10.2. The maximum Gasteiger partial charge on any atom is 0.175 e. The van der Waals surface area contributed by atoms with Crippen molar-refractivity contribution in [3.05, 3.63) is 29.8 Å². The molecule has 0 spiro atoms. The molecule has 1 fully saturated rings. The van der Waals surface area contributed by atoms with E-state index in [0.29, 0.717) is 6.54 Å². The molecular weight excluding hydrogens is 276 g/mol. The second-order valence-corrected chi connectivity index (χ2v) is 7.48. The van der Waals surface area contributed by atoms with E-state index in [1.165, 1.54) is 6.26 Å². The molecule has 2 rings (SSSR count). The van der Waals surface area contributed by atoms with E-state index in [4.69, 9.17) is 0 Å². The first-order chi connectivity index (χ1) is 9.36. The highest BCUT2D eigenvalue weighted by molar-refractivity contribution is 7.90. The highest BCUT2D eigenvalue weighted by Gasteiger charge is 2.18. The summed E-state index contributed by atoms with van der Waals surface area (Å²) in [6.45, 7) is 4.52. The fourth-order valence-electron chi connectivity index (χ4n) is 2.32. The number of piperazine rings is 1. The van der Waals surface area contributed by atoms with Gasteiger partial charge in [0, 0.05) is 39.0 Å². The molecule has 1 aliphatic heterocycles. The largest absolute Gasteiger partial charge is 0.387 e.